The van der Waals surface area contributed by atoms with Crippen LogP contribution in [-0.2, 0) is 9.59 Å². The van der Waals surface area contributed by atoms with Crippen molar-refractivity contribution in [1.29, 1.82) is 0 Å². The summed E-state index contributed by atoms with van der Waals surface area (Å²) in [6.07, 6.45) is 0. The van der Waals surface area contributed by atoms with E-state index in [1.807, 2.05) is 39.0 Å². The molecule has 31 heavy (non-hydrogen) atoms. The summed E-state index contributed by atoms with van der Waals surface area (Å²) in [5, 5.41) is 4.26. The first kappa shape index (κ1) is 21.2. The zero-order valence-corrected chi connectivity index (χ0v) is 18.8. The van der Waals surface area contributed by atoms with Crippen molar-refractivity contribution in [2.45, 2.75) is 20.8 Å². The normalized spacial score (nSPS) is 13.9. The maximum Gasteiger partial charge on any atom is 0.282 e. The molecular formula is C25H20Cl2N2O2. The maximum absolute atomic E-state index is 13.6. The van der Waals surface area contributed by atoms with E-state index >= 15 is 0 Å². The number of halogens is 2. The van der Waals surface area contributed by atoms with Gasteiger partial charge < -0.3 is 5.32 Å². The van der Waals surface area contributed by atoms with Gasteiger partial charge in [-0.05, 0) is 73.4 Å². The van der Waals surface area contributed by atoms with Gasteiger partial charge >= 0.3 is 0 Å². The number of rotatable bonds is 4. The number of amides is 2. The maximum atomic E-state index is 13.6. The molecule has 4 rings (SSSR count). The van der Waals surface area contributed by atoms with Gasteiger partial charge in [0, 0.05) is 15.7 Å². The Morgan fingerprint density at radius 1 is 0.774 bits per heavy atom. The highest BCUT2D eigenvalue weighted by Crippen LogP contribution is 2.36. The van der Waals surface area contributed by atoms with Crippen molar-refractivity contribution in [2.75, 3.05) is 10.2 Å². The Kier molecular flexibility index (Phi) is 5.61. The molecule has 1 heterocycles. The second kappa shape index (κ2) is 8.22. The van der Waals surface area contributed by atoms with Gasteiger partial charge in [0.15, 0.2) is 0 Å². The largest absolute Gasteiger partial charge is 0.350 e. The van der Waals surface area contributed by atoms with Crippen LogP contribution in [0.1, 0.15) is 22.3 Å². The lowest BCUT2D eigenvalue weighted by molar-refractivity contribution is -0.120. The Morgan fingerprint density at radius 3 is 2.16 bits per heavy atom. The number of hydrogen-bond donors (Lipinski definition) is 1. The number of carbonyl (C=O) groups is 2. The van der Waals surface area contributed by atoms with E-state index in [0.29, 0.717) is 32.6 Å². The highest BCUT2D eigenvalue weighted by molar-refractivity contribution is 6.46. The third-order valence-corrected chi connectivity index (χ3v) is 5.98. The topological polar surface area (TPSA) is 49.4 Å². The van der Waals surface area contributed by atoms with Crippen LogP contribution in [0.15, 0.2) is 66.4 Å². The van der Waals surface area contributed by atoms with Crippen molar-refractivity contribution < 1.29 is 9.59 Å². The molecule has 0 spiro atoms. The molecule has 1 N–H and O–H groups in total. The smallest absolute Gasteiger partial charge is 0.282 e. The van der Waals surface area contributed by atoms with Gasteiger partial charge in [-0.25, -0.2) is 4.90 Å². The molecule has 6 heteroatoms. The number of benzene rings is 3. The van der Waals surface area contributed by atoms with Gasteiger partial charge in [0.25, 0.3) is 11.8 Å². The quantitative estimate of drug-likeness (QED) is 0.473. The summed E-state index contributed by atoms with van der Waals surface area (Å²) in [6, 6.07) is 17.8. The van der Waals surface area contributed by atoms with Gasteiger partial charge in [-0.15, -0.1) is 0 Å². The molecule has 4 nitrogen and oxygen atoms in total. The van der Waals surface area contributed by atoms with E-state index in [2.05, 4.69) is 5.32 Å². The summed E-state index contributed by atoms with van der Waals surface area (Å²) in [6.45, 7) is 5.76. The van der Waals surface area contributed by atoms with Crippen LogP contribution < -0.4 is 10.2 Å². The molecule has 1 aliphatic rings. The summed E-state index contributed by atoms with van der Waals surface area (Å²) in [4.78, 5) is 28.4. The van der Waals surface area contributed by atoms with E-state index in [0.717, 1.165) is 16.7 Å². The second-order valence-corrected chi connectivity index (χ2v) is 8.38. The lowest BCUT2D eigenvalue weighted by Crippen LogP contribution is -2.33. The molecule has 2 amide bonds. The van der Waals surface area contributed by atoms with Crippen LogP contribution in [0.3, 0.4) is 0 Å². The van der Waals surface area contributed by atoms with Gasteiger partial charge in [0.1, 0.15) is 5.70 Å². The van der Waals surface area contributed by atoms with E-state index in [1.165, 1.54) is 4.90 Å². The lowest BCUT2D eigenvalue weighted by atomic mass is 10.0. The summed E-state index contributed by atoms with van der Waals surface area (Å²) in [5.41, 5.74) is 5.12. The van der Waals surface area contributed by atoms with E-state index in [-0.39, 0.29) is 11.6 Å². The number of aryl methyl sites for hydroxylation is 2. The van der Waals surface area contributed by atoms with Gasteiger partial charge in [-0.1, -0.05) is 53.5 Å². The van der Waals surface area contributed by atoms with Crippen molar-refractivity contribution in [3.8, 4) is 0 Å². The minimum atomic E-state index is -0.414. The van der Waals surface area contributed by atoms with Crippen LogP contribution in [0.25, 0.3) is 5.57 Å². The Balaban J connectivity index is 1.88. The molecule has 0 bridgehead atoms. The number of imide groups is 1. The van der Waals surface area contributed by atoms with Gasteiger partial charge in [-0.3, -0.25) is 9.59 Å². The Bertz CT molecular complexity index is 1250. The minimum absolute atomic E-state index is 0.207. The van der Waals surface area contributed by atoms with Crippen LogP contribution in [0.2, 0.25) is 10.0 Å². The molecule has 0 saturated carbocycles. The van der Waals surface area contributed by atoms with Crippen molar-refractivity contribution in [3.05, 3.63) is 98.7 Å². The molecule has 3 aromatic carbocycles. The fourth-order valence-electron chi connectivity index (χ4n) is 3.59. The van der Waals surface area contributed by atoms with Crippen LogP contribution in [-0.4, -0.2) is 11.8 Å². The van der Waals surface area contributed by atoms with Crippen LogP contribution in [0.4, 0.5) is 11.4 Å². The Hall–Kier alpha value is -3.08. The summed E-state index contributed by atoms with van der Waals surface area (Å²) in [5.74, 6) is -0.800. The average Bonchev–Trinajstić information content (AvgIpc) is 2.97. The predicted molar refractivity (Wildman–Crippen MR) is 127 cm³/mol. The lowest BCUT2D eigenvalue weighted by Gasteiger charge is -2.19. The monoisotopic (exact) mass is 450 g/mol. The van der Waals surface area contributed by atoms with Crippen molar-refractivity contribution in [1.82, 2.24) is 0 Å². The first-order chi connectivity index (χ1) is 14.8. The average molecular weight is 451 g/mol. The highest BCUT2D eigenvalue weighted by atomic mass is 35.5. The molecule has 0 unspecified atom stereocenters. The molecular weight excluding hydrogens is 431 g/mol. The zero-order chi connectivity index (χ0) is 22.3. The summed E-state index contributed by atoms with van der Waals surface area (Å²) < 4.78 is 0. The van der Waals surface area contributed by atoms with Crippen LogP contribution in [0, 0.1) is 20.8 Å². The predicted octanol–water partition coefficient (Wildman–Crippen LogP) is 6.32. The van der Waals surface area contributed by atoms with E-state index in [4.69, 9.17) is 23.2 Å². The van der Waals surface area contributed by atoms with Crippen molar-refractivity contribution >= 4 is 52.0 Å². The fraction of sp³-hybridized carbons (Fsp3) is 0.120. The number of nitrogens with zero attached hydrogens (tertiary/aromatic N) is 1. The second-order valence-electron chi connectivity index (χ2n) is 7.51. The van der Waals surface area contributed by atoms with Crippen LogP contribution >= 0.6 is 23.2 Å². The standard InChI is InChI=1S/C25H20Cl2N2O2/c1-14-5-4-6-21(16(14)3)29-24(30)22(17-8-11-18(26)12-9-17)23(25(29)31)28-20-13-19(27)10-7-15(20)2/h4-13,28H,1-3H3. The van der Waals surface area contributed by atoms with Gasteiger partial charge in [-0.2, -0.15) is 0 Å². The highest BCUT2D eigenvalue weighted by Gasteiger charge is 2.41. The SMILES string of the molecule is Cc1ccc(Cl)cc1NC1=C(c2ccc(Cl)cc2)C(=O)N(c2cccc(C)c2C)C1=O. The molecule has 0 fully saturated rings. The molecule has 0 aromatic heterocycles. The minimum Gasteiger partial charge on any atom is -0.350 e. The third kappa shape index (κ3) is 3.85. The molecule has 1 aliphatic heterocycles. The van der Waals surface area contributed by atoms with E-state index in [9.17, 15) is 9.59 Å². The van der Waals surface area contributed by atoms with E-state index < -0.39 is 5.91 Å². The number of hydrogen-bond acceptors (Lipinski definition) is 3. The number of nitrogens with one attached hydrogen (secondary N) is 1. The van der Waals surface area contributed by atoms with E-state index in [1.54, 1.807) is 42.5 Å². The molecule has 156 valence electrons. The number of anilines is 2. The Labute approximate surface area is 191 Å². The fourth-order valence-corrected chi connectivity index (χ4v) is 3.89. The number of carbonyl (C=O) groups excluding carboxylic acids is 2. The van der Waals surface area contributed by atoms with Crippen molar-refractivity contribution in [2.24, 2.45) is 0 Å². The molecule has 0 saturated heterocycles. The van der Waals surface area contributed by atoms with Gasteiger partial charge in [0.2, 0.25) is 0 Å². The summed E-state index contributed by atoms with van der Waals surface area (Å²) >= 11 is 12.2. The van der Waals surface area contributed by atoms with Crippen molar-refractivity contribution in [3.63, 3.8) is 0 Å². The first-order valence-corrected chi connectivity index (χ1v) is 10.5. The van der Waals surface area contributed by atoms with Crippen LogP contribution in [0.5, 0.6) is 0 Å². The van der Waals surface area contributed by atoms with Gasteiger partial charge in [0.05, 0.1) is 11.3 Å². The molecule has 0 radical (unpaired) electrons. The molecule has 0 aliphatic carbocycles. The first-order valence-electron chi connectivity index (χ1n) is 9.76. The Morgan fingerprint density at radius 2 is 1.45 bits per heavy atom. The zero-order valence-electron chi connectivity index (χ0n) is 17.3. The third-order valence-electron chi connectivity index (χ3n) is 5.49. The molecule has 3 aromatic rings. The summed E-state index contributed by atoms with van der Waals surface area (Å²) in [7, 11) is 0. The molecule has 0 atom stereocenters.